The smallest absolute Gasteiger partial charge is 0.0224 e. The van der Waals surface area contributed by atoms with Crippen molar-refractivity contribution in [3.63, 3.8) is 0 Å². The van der Waals surface area contributed by atoms with E-state index in [1.54, 1.807) is 0 Å². The maximum absolute atomic E-state index is 4.23. The minimum absolute atomic E-state index is 0.364. The molecular weight excluding hydrogens is 216 g/mol. The molecule has 0 aliphatic carbocycles. The summed E-state index contributed by atoms with van der Waals surface area (Å²) in [5.41, 5.74) is 3.08. The summed E-state index contributed by atoms with van der Waals surface area (Å²) in [6, 6.07) is 0. The van der Waals surface area contributed by atoms with Gasteiger partial charge in [0.15, 0.2) is 0 Å². The van der Waals surface area contributed by atoms with Gasteiger partial charge in [0.2, 0.25) is 0 Å². The van der Waals surface area contributed by atoms with Gasteiger partial charge in [0, 0.05) is 0 Å². The monoisotopic (exact) mass is 250 g/mol. The Balaban J connectivity index is 4.89. The highest BCUT2D eigenvalue weighted by Gasteiger charge is 2.32. The third kappa shape index (κ3) is 5.89. The Kier molecular flexibility index (Phi) is 8.31. The summed E-state index contributed by atoms with van der Waals surface area (Å²) in [5, 5.41) is 0. The summed E-state index contributed by atoms with van der Waals surface area (Å²) in [6.45, 7) is 19.8. The summed E-state index contributed by atoms with van der Waals surface area (Å²) in [6.07, 6.45) is 8.70. The number of allylic oxidation sites excluding steroid dienone is 2. The molecule has 0 spiro atoms. The summed E-state index contributed by atoms with van der Waals surface area (Å²) in [5.74, 6) is 0.803. The maximum atomic E-state index is 4.23. The predicted octanol–water partition coefficient (Wildman–Crippen LogP) is 6.53. The van der Waals surface area contributed by atoms with Gasteiger partial charge in [-0.3, -0.25) is 0 Å². The lowest BCUT2D eigenvalue weighted by atomic mass is 9.66. The molecule has 0 fully saturated rings. The second-order valence-electron chi connectivity index (χ2n) is 6.32. The van der Waals surface area contributed by atoms with Gasteiger partial charge in [-0.15, -0.1) is 6.58 Å². The lowest BCUT2D eigenvalue weighted by Crippen LogP contribution is -2.28. The van der Waals surface area contributed by atoms with Gasteiger partial charge >= 0.3 is 0 Å². The van der Waals surface area contributed by atoms with Crippen molar-refractivity contribution < 1.29 is 0 Å². The molecule has 0 saturated carbocycles. The molecule has 0 aromatic rings. The third-order valence-electron chi connectivity index (χ3n) is 4.24. The zero-order valence-corrected chi connectivity index (χ0v) is 13.4. The lowest BCUT2D eigenvalue weighted by molar-refractivity contribution is 0.160. The van der Waals surface area contributed by atoms with E-state index in [4.69, 9.17) is 0 Å². The molecule has 0 rings (SSSR count). The number of hydrogen-bond donors (Lipinski definition) is 0. The molecule has 0 aliphatic heterocycles. The van der Waals surface area contributed by atoms with Gasteiger partial charge in [0.1, 0.15) is 0 Å². The molecule has 2 atom stereocenters. The summed E-state index contributed by atoms with van der Waals surface area (Å²) in [4.78, 5) is 0. The van der Waals surface area contributed by atoms with Crippen molar-refractivity contribution in [1.29, 1.82) is 0 Å². The minimum Gasteiger partial charge on any atom is -0.100 e. The Morgan fingerprint density at radius 1 is 1.11 bits per heavy atom. The van der Waals surface area contributed by atoms with Crippen LogP contribution >= 0.6 is 0 Å². The zero-order valence-electron chi connectivity index (χ0n) is 13.4. The van der Waals surface area contributed by atoms with Crippen LogP contribution in [0, 0.1) is 11.3 Å². The quantitative estimate of drug-likeness (QED) is 0.387. The first-order chi connectivity index (χ1) is 8.39. The van der Waals surface area contributed by atoms with E-state index in [1.807, 2.05) is 0 Å². The summed E-state index contributed by atoms with van der Waals surface area (Å²) < 4.78 is 0. The van der Waals surface area contributed by atoms with E-state index in [-0.39, 0.29) is 0 Å². The van der Waals surface area contributed by atoms with Crippen molar-refractivity contribution >= 4 is 0 Å². The fraction of sp³-hybridized carbons (Fsp3) is 0.778. The van der Waals surface area contributed by atoms with E-state index in [1.165, 1.54) is 43.3 Å². The van der Waals surface area contributed by atoms with Crippen molar-refractivity contribution in [2.75, 3.05) is 0 Å². The number of unbranched alkanes of at least 4 members (excludes halogenated alkanes) is 1. The first-order valence-corrected chi connectivity index (χ1v) is 7.70. The Morgan fingerprint density at radius 3 is 2.11 bits per heavy atom. The average molecular weight is 250 g/mol. The number of rotatable bonds is 10. The van der Waals surface area contributed by atoms with E-state index in [9.17, 15) is 0 Å². The fourth-order valence-corrected chi connectivity index (χ4v) is 3.23. The summed E-state index contributed by atoms with van der Waals surface area (Å²) in [7, 11) is 0. The molecule has 0 aromatic carbocycles. The van der Waals surface area contributed by atoms with Gasteiger partial charge in [-0.05, 0) is 43.9 Å². The molecule has 0 nitrogen and oxygen atoms in total. The van der Waals surface area contributed by atoms with Crippen LogP contribution in [0.15, 0.2) is 24.3 Å². The Morgan fingerprint density at radius 2 is 1.72 bits per heavy atom. The van der Waals surface area contributed by atoms with Crippen molar-refractivity contribution in [2.45, 2.75) is 79.6 Å². The standard InChI is InChI=1S/C18H34/c1-8-11-12-17(10-3)18(7,13-15(4)5)14-16(6)9-2/h17H,4,6,8-14H2,1-3,5,7H3. The SMILES string of the molecule is C=C(C)CC(C)(CC(=C)CC)C(CC)CCCC. The highest BCUT2D eigenvalue weighted by Crippen LogP contribution is 2.44. The van der Waals surface area contributed by atoms with Crippen LogP contribution < -0.4 is 0 Å². The molecule has 18 heavy (non-hydrogen) atoms. The molecule has 0 heteroatoms. The molecule has 0 aliphatic rings. The van der Waals surface area contributed by atoms with Crippen LogP contribution in [0.2, 0.25) is 0 Å². The minimum atomic E-state index is 0.364. The molecule has 106 valence electrons. The Hall–Kier alpha value is -0.520. The van der Waals surface area contributed by atoms with Crippen LogP contribution in [-0.2, 0) is 0 Å². The van der Waals surface area contributed by atoms with Gasteiger partial charge in [0.05, 0.1) is 0 Å². The first-order valence-electron chi connectivity index (χ1n) is 7.70. The highest BCUT2D eigenvalue weighted by molar-refractivity contribution is 5.05. The molecule has 0 radical (unpaired) electrons. The summed E-state index contributed by atoms with van der Waals surface area (Å²) >= 11 is 0. The molecule has 0 bridgehead atoms. The van der Waals surface area contributed by atoms with Crippen LogP contribution in [-0.4, -0.2) is 0 Å². The van der Waals surface area contributed by atoms with Crippen molar-refractivity contribution in [3.05, 3.63) is 24.3 Å². The highest BCUT2D eigenvalue weighted by atomic mass is 14.4. The normalized spacial score (nSPS) is 16.1. The second-order valence-corrected chi connectivity index (χ2v) is 6.32. The lowest BCUT2D eigenvalue weighted by Gasteiger charge is -2.39. The largest absolute Gasteiger partial charge is 0.100 e. The van der Waals surface area contributed by atoms with E-state index in [0.29, 0.717) is 5.41 Å². The van der Waals surface area contributed by atoms with Gasteiger partial charge in [-0.2, -0.15) is 0 Å². The molecule has 0 amide bonds. The maximum Gasteiger partial charge on any atom is -0.0224 e. The van der Waals surface area contributed by atoms with Gasteiger partial charge in [0.25, 0.3) is 0 Å². The molecular formula is C18H34. The van der Waals surface area contributed by atoms with Crippen LogP contribution in [0.1, 0.15) is 79.6 Å². The van der Waals surface area contributed by atoms with Crippen LogP contribution in [0.25, 0.3) is 0 Å². The van der Waals surface area contributed by atoms with Gasteiger partial charge in [-0.25, -0.2) is 0 Å². The van der Waals surface area contributed by atoms with Gasteiger partial charge < -0.3 is 0 Å². The van der Waals surface area contributed by atoms with Crippen LogP contribution in [0.5, 0.6) is 0 Å². The molecule has 0 heterocycles. The molecule has 2 unspecified atom stereocenters. The van der Waals surface area contributed by atoms with Gasteiger partial charge in [-0.1, -0.05) is 64.7 Å². The average Bonchev–Trinajstić information content (AvgIpc) is 2.28. The van der Waals surface area contributed by atoms with Crippen LogP contribution in [0.3, 0.4) is 0 Å². The van der Waals surface area contributed by atoms with E-state index in [2.05, 4.69) is 47.8 Å². The Bertz CT molecular complexity index is 261. The Labute approximate surface area is 116 Å². The molecule has 0 N–H and O–H groups in total. The fourth-order valence-electron chi connectivity index (χ4n) is 3.23. The molecule has 0 aromatic heterocycles. The predicted molar refractivity (Wildman–Crippen MR) is 84.9 cm³/mol. The zero-order chi connectivity index (χ0) is 14.2. The topological polar surface area (TPSA) is 0 Å². The molecule has 0 saturated heterocycles. The van der Waals surface area contributed by atoms with E-state index in [0.717, 1.165) is 18.8 Å². The van der Waals surface area contributed by atoms with Crippen LogP contribution in [0.4, 0.5) is 0 Å². The number of hydrogen-bond acceptors (Lipinski definition) is 0. The first kappa shape index (κ1) is 17.5. The second kappa shape index (κ2) is 8.56. The van der Waals surface area contributed by atoms with E-state index >= 15 is 0 Å². The third-order valence-corrected chi connectivity index (χ3v) is 4.24. The van der Waals surface area contributed by atoms with Crippen molar-refractivity contribution in [2.24, 2.45) is 11.3 Å². The van der Waals surface area contributed by atoms with Crippen molar-refractivity contribution in [3.8, 4) is 0 Å². The van der Waals surface area contributed by atoms with E-state index < -0.39 is 0 Å². The van der Waals surface area contributed by atoms with Crippen molar-refractivity contribution in [1.82, 2.24) is 0 Å².